The number of hydrogen-bond acceptors (Lipinski definition) is 4. The van der Waals surface area contributed by atoms with E-state index in [4.69, 9.17) is 4.74 Å². The zero-order valence-electron chi connectivity index (χ0n) is 14.0. The molecule has 2 aromatic rings. The molecule has 1 amide bonds. The molecule has 0 bridgehead atoms. The van der Waals surface area contributed by atoms with E-state index in [2.05, 4.69) is 5.32 Å². The van der Waals surface area contributed by atoms with Gasteiger partial charge in [0.25, 0.3) is 0 Å². The van der Waals surface area contributed by atoms with Crippen molar-refractivity contribution in [2.24, 2.45) is 0 Å². The highest BCUT2D eigenvalue weighted by Crippen LogP contribution is 2.15. The number of likely N-dealkylation sites (N-methyl/N-ethyl adjacent to an activating group) is 1. The predicted molar refractivity (Wildman–Crippen MR) is 94.5 cm³/mol. The van der Waals surface area contributed by atoms with Gasteiger partial charge in [0, 0.05) is 12.1 Å². The number of nitrogens with one attached hydrogen (secondary N) is 1. The minimum Gasteiger partial charge on any atom is -0.492 e. The van der Waals surface area contributed by atoms with Crippen molar-refractivity contribution in [1.82, 2.24) is 4.90 Å². The largest absolute Gasteiger partial charge is 0.492 e. The van der Waals surface area contributed by atoms with Crippen LogP contribution in [0.2, 0.25) is 0 Å². The molecule has 0 spiro atoms. The number of anilines is 1. The van der Waals surface area contributed by atoms with E-state index in [1.165, 1.54) is 6.92 Å². The Hall–Kier alpha value is -2.66. The van der Waals surface area contributed by atoms with Gasteiger partial charge >= 0.3 is 0 Å². The van der Waals surface area contributed by atoms with Crippen molar-refractivity contribution >= 4 is 17.4 Å². The quantitative estimate of drug-likeness (QED) is 0.758. The van der Waals surface area contributed by atoms with Crippen LogP contribution in [0.3, 0.4) is 0 Å². The highest BCUT2D eigenvalue weighted by Gasteiger charge is 2.11. The summed E-state index contributed by atoms with van der Waals surface area (Å²) in [6.07, 6.45) is 0. The van der Waals surface area contributed by atoms with Gasteiger partial charge < -0.3 is 10.1 Å². The molecule has 0 radical (unpaired) electrons. The fraction of sp³-hybridized carbons (Fsp3) is 0.263. The molecule has 2 aromatic carbocycles. The summed E-state index contributed by atoms with van der Waals surface area (Å²) < 4.78 is 5.61. The number of Topliss-reactive ketones (excluding diaryl/α,β-unsaturated/α-hetero) is 1. The van der Waals surface area contributed by atoms with Crippen LogP contribution in [0.5, 0.6) is 5.75 Å². The Morgan fingerprint density at radius 2 is 1.71 bits per heavy atom. The topological polar surface area (TPSA) is 58.6 Å². The lowest BCUT2D eigenvalue weighted by molar-refractivity contribution is -0.117. The molecule has 5 heteroatoms. The summed E-state index contributed by atoms with van der Waals surface area (Å²) in [5, 5.41) is 2.79. The van der Waals surface area contributed by atoms with Crippen molar-refractivity contribution < 1.29 is 14.3 Å². The molecule has 0 saturated carbocycles. The van der Waals surface area contributed by atoms with Crippen LogP contribution >= 0.6 is 0 Å². The standard InChI is InChI=1S/C19H22N2O3/c1-15(22)17-10-6-7-11-18(17)20-19(23)14-21(2)12-13-24-16-8-4-3-5-9-16/h3-11H,12-14H2,1-2H3,(H,20,23). The molecular formula is C19H22N2O3. The second-order valence-corrected chi connectivity index (χ2v) is 5.55. The highest BCUT2D eigenvalue weighted by atomic mass is 16.5. The van der Waals surface area contributed by atoms with Crippen LogP contribution in [0.25, 0.3) is 0 Å². The van der Waals surface area contributed by atoms with Gasteiger partial charge in [0.15, 0.2) is 5.78 Å². The van der Waals surface area contributed by atoms with Gasteiger partial charge in [0.05, 0.1) is 12.2 Å². The maximum absolute atomic E-state index is 12.1. The lowest BCUT2D eigenvalue weighted by Crippen LogP contribution is -2.33. The molecular weight excluding hydrogens is 304 g/mol. The number of amides is 1. The molecule has 1 N–H and O–H groups in total. The number of nitrogens with zero attached hydrogens (tertiary/aromatic N) is 1. The number of carbonyl (C=O) groups is 2. The first-order valence-corrected chi connectivity index (χ1v) is 7.82. The van der Waals surface area contributed by atoms with E-state index in [0.29, 0.717) is 24.4 Å². The van der Waals surface area contributed by atoms with Crippen molar-refractivity contribution in [1.29, 1.82) is 0 Å². The van der Waals surface area contributed by atoms with Crippen LogP contribution in [0.4, 0.5) is 5.69 Å². The van der Waals surface area contributed by atoms with Crippen LogP contribution in [0, 0.1) is 0 Å². The molecule has 2 rings (SSSR count). The SMILES string of the molecule is CC(=O)c1ccccc1NC(=O)CN(C)CCOc1ccccc1. The summed E-state index contributed by atoms with van der Waals surface area (Å²) in [5.74, 6) is 0.576. The monoisotopic (exact) mass is 326 g/mol. The van der Waals surface area contributed by atoms with Gasteiger partial charge in [0.2, 0.25) is 5.91 Å². The molecule has 0 aliphatic heterocycles. The first kappa shape index (κ1) is 17.7. The third-order valence-electron chi connectivity index (χ3n) is 3.48. The summed E-state index contributed by atoms with van der Waals surface area (Å²) in [7, 11) is 1.85. The molecule has 24 heavy (non-hydrogen) atoms. The molecule has 0 saturated heterocycles. The predicted octanol–water partition coefficient (Wildman–Crippen LogP) is 2.84. The Morgan fingerprint density at radius 3 is 2.42 bits per heavy atom. The number of carbonyl (C=O) groups excluding carboxylic acids is 2. The van der Waals surface area contributed by atoms with Crippen molar-refractivity contribution in [3.63, 3.8) is 0 Å². The second kappa shape index (κ2) is 8.84. The lowest BCUT2D eigenvalue weighted by Gasteiger charge is -2.17. The number of benzene rings is 2. The van der Waals surface area contributed by atoms with Gasteiger partial charge in [-0.15, -0.1) is 0 Å². The van der Waals surface area contributed by atoms with E-state index in [0.717, 1.165) is 5.75 Å². The summed E-state index contributed by atoms with van der Waals surface area (Å²) in [4.78, 5) is 25.6. The van der Waals surface area contributed by atoms with Crippen molar-refractivity contribution in [2.45, 2.75) is 6.92 Å². The van der Waals surface area contributed by atoms with Crippen molar-refractivity contribution in [3.8, 4) is 5.75 Å². The summed E-state index contributed by atoms with van der Waals surface area (Å²) in [5.41, 5.74) is 1.06. The van der Waals surface area contributed by atoms with Gasteiger partial charge in [-0.1, -0.05) is 30.3 Å². The zero-order valence-corrected chi connectivity index (χ0v) is 14.0. The van der Waals surface area contributed by atoms with Gasteiger partial charge in [-0.05, 0) is 38.2 Å². The third kappa shape index (κ3) is 5.52. The average molecular weight is 326 g/mol. The van der Waals surface area contributed by atoms with Crippen LogP contribution in [0.15, 0.2) is 54.6 Å². The minimum absolute atomic E-state index is 0.0736. The molecule has 0 atom stereocenters. The molecule has 0 aliphatic carbocycles. The van der Waals surface area contributed by atoms with E-state index >= 15 is 0 Å². The minimum atomic E-state index is -0.161. The molecule has 0 fully saturated rings. The summed E-state index contributed by atoms with van der Waals surface area (Å²) in [6.45, 7) is 2.83. The van der Waals surface area contributed by atoms with E-state index in [1.54, 1.807) is 24.3 Å². The molecule has 0 heterocycles. The molecule has 5 nitrogen and oxygen atoms in total. The normalized spacial score (nSPS) is 10.5. The lowest BCUT2D eigenvalue weighted by atomic mass is 10.1. The smallest absolute Gasteiger partial charge is 0.238 e. The van der Waals surface area contributed by atoms with Gasteiger partial charge in [-0.2, -0.15) is 0 Å². The summed E-state index contributed by atoms with van der Waals surface area (Å²) >= 11 is 0. The Kier molecular flexibility index (Phi) is 6.51. The van der Waals surface area contributed by atoms with Crippen molar-refractivity contribution in [3.05, 3.63) is 60.2 Å². The van der Waals surface area contributed by atoms with Gasteiger partial charge in [0.1, 0.15) is 12.4 Å². The maximum atomic E-state index is 12.1. The molecule has 126 valence electrons. The van der Waals surface area contributed by atoms with Gasteiger partial charge in [-0.25, -0.2) is 0 Å². The fourth-order valence-corrected chi connectivity index (χ4v) is 2.25. The number of rotatable bonds is 8. The average Bonchev–Trinajstić information content (AvgIpc) is 2.56. The number of hydrogen-bond donors (Lipinski definition) is 1. The molecule has 0 unspecified atom stereocenters. The number of ketones is 1. The Bertz CT molecular complexity index is 686. The zero-order chi connectivity index (χ0) is 17.4. The maximum Gasteiger partial charge on any atom is 0.238 e. The van der Waals surface area contributed by atoms with Crippen LogP contribution in [0.1, 0.15) is 17.3 Å². The van der Waals surface area contributed by atoms with Gasteiger partial charge in [-0.3, -0.25) is 14.5 Å². The first-order valence-electron chi connectivity index (χ1n) is 7.82. The Labute approximate surface area is 142 Å². The van der Waals surface area contributed by atoms with E-state index in [1.807, 2.05) is 42.3 Å². The second-order valence-electron chi connectivity index (χ2n) is 5.55. The van der Waals surface area contributed by atoms with E-state index in [-0.39, 0.29) is 18.2 Å². The molecule has 0 aliphatic rings. The third-order valence-corrected chi connectivity index (χ3v) is 3.48. The number of ether oxygens (including phenoxy) is 1. The Balaban J connectivity index is 1.78. The molecule has 0 aromatic heterocycles. The number of para-hydroxylation sites is 2. The Morgan fingerprint density at radius 1 is 1.04 bits per heavy atom. The van der Waals surface area contributed by atoms with Crippen LogP contribution in [-0.2, 0) is 4.79 Å². The van der Waals surface area contributed by atoms with Crippen molar-refractivity contribution in [2.75, 3.05) is 32.1 Å². The van der Waals surface area contributed by atoms with E-state index in [9.17, 15) is 9.59 Å². The summed E-state index contributed by atoms with van der Waals surface area (Å²) in [6, 6.07) is 16.6. The highest BCUT2D eigenvalue weighted by molar-refractivity contribution is 6.04. The van der Waals surface area contributed by atoms with Crippen LogP contribution < -0.4 is 10.1 Å². The van der Waals surface area contributed by atoms with E-state index < -0.39 is 0 Å². The first-order chi connectivity index (χ1) is 11.6. The van der Waals surface area contributed by atoms with Crippen LogP contribution in [-0.4, -0.2) is 43.3 Å². The fourth-order valence-electron chi connectivity index (χ4n) is 2.25.